The number of hydrogen-bond acceptors (Lipinski definition) is 5. The van der Waals surface area contributed by atoms with Crippen LogP contribution in [0.2, 0.25) is 0 Å². The molecule has 0 bridgehead atoms. The maximum atomic E-state index is 9.39. The molecule has 0 aromatic rings. The van der Waals surface area contributed by atoms with Gasteiger partial charge in [0.05, 0.1) is 18.2 Å². The van der Waals surface area contributed by atoms with Gasteiger partial charge in [-0.15, -0.1) is 0 Å². The molecule has 12 heavy (non-hydrogen) atoms. The normalized spacial score (nSPS) is 49.2. The Morgan fingerprint density at radius 3 is 2.42 bits per heavy atom. The van der Waals surface area contributed by atoms with Gasteiger partial charge in [0.2, 0.25) is 0 Å². The molecule has 0 radical (unpaired) electrons. The summed E-state index contributed by atoms with van der Waals surface area (Å²) in [4.78, 5) is 0. The van der Waals surface area contributed by atoms with Crippen LogP contribution in [-0.4, -0.2) is 48.0 Å². The fourth-order valence-electron chi connectivity index (χ4n) is 1.26. The summed E-state index contributed by atoms with van der Waals surface area (Å²) < 4.78 is 9.96. The SMILES string of the molecule is CO[C@H]1O[C@@H](C)[C@H](O)[C@@H](N)[C@@H]1O. The standard InChI is InChI=1S/C7H15NO4/c1-3-5(9)4(8)6(10)7(11-2)12-3/h3-7,9-10H,8H2,1-2H3/t3-,4+,5-,6-,7-/m0/s1. The van der Waals surface area contributed by atoms with Crippen LogP contribution in [0.25, 0.3) is 0 Å². The second-order valence-electron chi connectivity index (χ2n) is 3.00. The minimum absolute atomic E-state index is 0.409. The van der Waals surface area contributed by atoms with Crippen LogP contribution < -0.4 is 5.73 Å². The van der Waals surface area contributed by atoms with Crippen LogP contribution in [-0.2, 0) is 9.47 Å². The van der Waals surface area contributed by atoms with Crippen molar-refractivity contribution >= 4 is 0 Å². The van der Waals surface area contributed by atoms with Crippen LogP contribution in [0.15, 0.2) is 0 Å². The molecule has 0 aromatic carbocycles. The third kappa shape index (κ3) is 1.60. The van der Waals surface area contributed by atoms with E-state index in [9.17, 15) is 10.2 Å². The van der Waals surface area contributed by atoms with E-state index in [0.29, 0.717) is 0 Å². The fourth-order valence-corrected chi connectivity index (χ4v) is 1.26. The molecule has 1 heterocycles. The molecule has 0 aromatic heterocycles. The van der Waals surface area contributed by atoms with Gasteiger partial charge < -0.3 is 25.4 Å². The van der Waals surface area contributed by atoms with Crippen molar-refractivity contribution in [3.8, 4) is 0 Å². The van der Waals surface area contributed by atoms with Gasteiger partial charge in [0.1, 0.15) is 6.10 Å². The molecule has 0 saturated carbocycles. The molecule has 1 saturated heterocycles. The first-order valence-corrected chi connectivity index (χ1v) is 3.88. The molecule has 5 atom stereocenters. The smallest absolute Gasteiger partial charge is 0.185 e. The summed E-state index contributed by atoms with van der Waals surface area (Å²) >= 11 is 0. The van der Waals surface area contributed by atoms with E-state index in [4.69, 9.17) is 15.2 Å². The largest absolute Gasteiger partial charge is 0.389 e. The van der Waals surface area contributed by atoms with Crippen LogP contribution in [0.5, 0.6) is 0 Å². The Balaban J connectivity index is 2.63. The summed E-state index contributed by atoms with van der Waals surface area (Å²) in [6, 6.07) is -0.710. The molecule has 0 spiro atoms. The summed E-state index contributed by atoms with van der Waals surface area (Å²) in [5.41, 5.74) is 5.52. The summed E-state index contributed by atoms with van der Waals surface area (Å²) in [5, 5.41) is 18.8. The first-order valence-electron chi connectivity index (χ1n) is 3.88. The van der Waals surface area contributed by atoms with Crippen molar-refractivity contribution in [1.29, 1.82) is 0 Å². The molecule has 0 amide bonds. The average Bonchev–Trinajstić information content (AvgIpc) is 2.08. The molecule has 1 aliphatic rings. The van der Waals surface area contributed by atoms with Crippen LogP contribution in [0.4, 0.5) is 0 Å². The molecular weight excluding hydrogens is 162 g/mol. The van der Waals surface area contributed by atoms with Gasteiger partial charge in [0.25, 0.3) is 0 Å². The average molecular weight is 177 g/mol. The molecular formula is C7H15NO4. The Kier molecular flexibility index (Phi) is 3.03. The second-order valence-corrected chi connectivity index (χ2v) is 3.00. The summed E-state index contributed by atoms with van der Waals surface area (Å²) in [5.74, 6) is 0. The molecule has 5 nitrogen and oxygen atoms in total. The maximum Gasteiger partial charge on any atom is 0.185 e. The van der Waals surface area contributed by atoms with E-state index < -0.39 is 30.6 Å². The number of aliphatic hydroxyl groups excluding tert-OH is 2. The van der Waals surface area contributed by atoms with Crippen LogP contribution in [0, 0.1) is 0 Å². The molecule has 1 fully saturated rings. The highest BCUT2D eigenvalue weighted by Gasteiger charge is 2.40. The van der Waals surface area contributed by atoms with Gasteiger partial charge in [-0.05, 0) is 6.92 Å². The Morgan fingerprint density at radius 2 is 1.92 bits per heavy atom. The van der Waals surface area contributed by atoms with Gasteiger partial charge >= 0.3 is 0 Å². The topological polar surface area (TPSA) is 84.9 Å². The maximum absolute atomic E-state index is 9.39. The first-order chi connectivity index (χ1) is 5.57. The second kappa shape index (κ2) is 3.68. The van der Waals surface area contributed by atoms with Crippen LogP contribution in [0.1, 0.15) is 6.92 Å². The lowest BCUT2D eigenvalue weighted by atomic mass is 9.98. The van der Waals surface area contributed by atoms with Gasteiger partial charge in [-0.3, -0.25) is 0 Å². The van der Waals surface area contributed by atoms with E-state index in [1.807, 2.05) is 0 Å². The van der Waals surface area contributed by atoms with Crippen molar-refractivity contribution in [3.05, 3.63) is 0 Å². The molecule has 4 N–H and O–H groups in total. The minimum Gasteiger partial charge on any atom is -0.389 e. The van der Waals surface area contributed by atoms with E-state index in [0.717, 1.165) is 0 Å². The van der Waals surface area contributed by atoms with Gasteiger partial charge in [-0.25, -0.2) is 0 Å². The number of rotatable bonds is 1. The zero-order chi connectivity index (χ0) is 9.30. The van der Waals surface area contributed by atoms with Crippen molar-refractivity contribution in [3.63, 3.8) is 0 Å². The molecule has 1 aliphatic heterocycles. The number of ether oxygens (including phenoxy) is 2. The van der Waals surface area contributed by atoms with E-state index >= 15 is 0 Å². The Hall–Kier alpha value is -0.200. The van der Waals surface area contributed by atoms with Gasteiger partial charge in [0, 0.05) is 7.11 Å². The van der Waals surface area contributed by atoms with Gasteiger partial charge in [0.15, 0.2) is 6.29 Å². The number of hydrogen-bond donors (Lipinski definition) is 3. The fraction of sp³-hybridized carbons (Fsp3) is 1.00. The van der Waals surface area contributed by atoms with E-state index in [1.54, 1.807) is 6.92 Å². The zero-order valence-corrected chi connectivity index (χ0v) is 7.18. The Bertz CT molecular complexity index is 150. The molecule has 5 heteroatoms. The van der Waals surface area contributed by atoms with Crippen LogP contribution in [0.3, 0.4) is 0 Å². The van der Waals surface area contributed by atoms with Crippen molar-refractivity contribution in [1.82, 2.24) is 0 Å². The van der Waals surface area contributed by atoms with Gasteiger partial charge in [-0.1, -0.05) is 0 Å². The molecule has 1 rings (SSSR count). The lowest BCUT2D eigenvalue weighted by molar-refractivity contribution is -0.258. The Labute approximate surface area is 71.1 Å². The molecule has 0 unspecified atom stereocenters. The van der Waals surface area contributed by atoms with E-state index in [-0.39, 0.29) is 0 Å². The highest BCUT2D eigenvalue weighted by Crippen LogP contribution is 2.19. The number of aliphatic hydroxyl groups is 2. The first kappa shape index (κ1) is 9.88. The quantitative estimate of drug-likeness (QED) is 0.450. The zero-order valence-electron chi connectivity index (χ0n) is 7.18. The lowest BCUT2D eigenvalue weighted by Gasteiger charge is -2.39. The van der Waals surface area contributed by atoms with Crippen molar-refractivity contribution in [2.45, 2.75) is 37.6 Å². The van der Waals surface area contributed by atoms with Crippen molar-refractivity contribution < 1.29 is 19.7 Å². The van der Waals surface area contributed by atoms with Crippen LogP contribution >= 0.6 is 0 Å². The predicted molar refractivity (Wildman–Crippen MR) is 41.3 cm³/mol. The predicted octanol–water partition coefficient (Wildman–Crippen LogP) is -1.57. The van der Waals surface area contributed by atoms with E-state index in [2.05, 4.69) is 0 Å². The minimum atomic E-state index is -0.971. The summed E-state index contributed by atoms with van der Waals surface area (Å²) in [6.07, 6.45) is -2.96. The number of nitrogens with two attached hydrogens (primary N) is 1. The molecule has 72 valence electrons. The van der Waals surface area contributed by atoms with Crippen molar-refractivity contribution in [2.24, 2.45) is 5.73 Å². The monoisotopic (exact) mass is 177 g/mol. The lowest BCUT2D eigenvalue weighted by Crippen LogP contribution is -2.60. The number of methoxy groups -OCH3 is 1. The van der Waals surface area contributed by atoms with Crippen molar-refractivity contribution in [2.75, 3.05) is 7.11 Å². The molecule has 0 aliphatic carbocycles. The summed E-state index contributed by atoms with van der Waals surface area (Å²) in [7, 11) is 1.42. The highest BCUT2D eigenvalue weighted by atomic mass is 16.7. The van der Waals surface area contributed by atoms with E-state index in [1.165, 1.54) is 7.11 Å². The Morgan fingerprint density at radius 1 is 1.33 bits per heavy atom. The third-order valence-corrected chi connectivity index (χ3v) is 2.13. The summed E-state index contributed by atoms with van der Waals surface area (Å²) in [6.45, 7) is 1.68. The third-order valence-electron chi connectivity index (χ3n) is 2.13. The highest BCUT2D eigenvalue weighted by molar-refractivity contribution is 4.89. The van der Waals surface area contributed by atoms with Gasteiger partial charge in [-0.2, -0.15) is 0 Å².